The lowest BCUT2D eigenvalue weighted by molar-refractivity contribution is 0.126. The Hall–Kier alpha value is -1.13. The molecule has 4 nitrogen and oxygen atoms in total. The lowest BCUT2D eigenvalue weighted by atomic mass is 10.1. The Bertz CT molecular complexity index is 422. The van der Waals surface area contributed by atoms with Crippen LogP contribution in [-0.2, 0) is 6.54 Å². The Balaban J connectivity index is 1.94. The number of hydrogen-bond acceptors (Lipinski definition) is 4. The highest BCUT2D eigenvalue weighted by molar-refractivity contribution is 5.53. The van der Waals surface area contributed by atoms with E-state index in [4.69, 9.17) is 5.73 Å². The highest BCUT2D eigenvalue weighted by atomic mass is 15.3. The number of anilines is 1. The van der Waals surface area contributed by atoms with E-state index in [0.29, 0.717) is 0 Å². The van der Waals surface area contributed by atoms with Crippen molar-refractivity contribution >= 4 is 5.69 Å². The summed E-state index contributed by atoms with van der Waals surface area (Å²) in [6.07, 6.45) is 3.14. The van der Waals surface area contributed by atoms with Crippen molar-refractivity contribution in [3.05, 3.63) is 23.0 Å². The molecule has 1 aliphatic rings. The number of rotatable bonds is 4. The van der Waals surface area contributed by atoms with Gasteiger partial charge >= 0.3 is 0 Å². The van der Waals surface area contributed by atoms with E-state index >= 15 is 0 Å². The fourth-order valence-electron chi connectivity index (χ4n) is 2.65. The van der Waals surface area contributed by atoms with E-state index in [2.05, 4.69) is 28.6 Å². The van der Waals surface area contributed by atoms with Crippen molar-refractivity contribution in [3.63, 3.8) is 0 Å². The van der Waals surface area contributed by atoms with Crippen molar-refractivity contribution in [1.82, 2.24) is 14.8 Å². The SMILES string of the molecule is CCCN1CCN(Cc2ncc(C)c(N)c2C)CC1. The minimum absolute atomic E-state index is 0.898. The van der Waals surface area contributed by atoms with E-state index in [1.165, 1.54) is 26.1 Å². The van der Waals surface area contributed by atoms with Crippen molar-refractivity contribution in [2.24, 2.45) is 0 Å². The highest BCUT2D eigenvalue weighted by Crippen LogP contribution is 2.19. The van der Waals surface area contributed by atoms with Gasteiger partial charge in [0.15, 0.2) is 0 Å². The molecular formula is C15H26N4. The lowest BCUT2D eigenvalue weighted by Crippen LogP contribution is -2.46. The molecule has 1 saturated heterocycles. The Morgan fingerprint density at radius 3 is 2.42 bits per heavy atom. The fraction of sp³-hybridized carbons (Fsp3) is 0.667. The van der Waals surface area contributed by atoms with Crippen LogP contribution in [0.25, 0.3) is 0 Å². The van der Waals surface area contributed by atoms with E-state index < -0.39 is 0 Å². The van der Waals surface area contributed by atoms with Crippen LogP contribution in [0.1, 0.15) is 30.2 Å². The van der Waals surface area contributed by atoms with Crippen LogP contribution in [0.2, 0.25) is 0 Å². The number of pyridine rings is 1. The fourth-order valence-corrected chi connectivity index (χ4v) is 2.65. The second-order valence-electron chi connectivity index (χ2n) is 5.54. The Labute approximate surface area is 116 Å². The van der Waals surface area contributed by atoms with Crippen LogP contribution in [0.15, 0.2) is 6.20 Å². The van der Waals surface area contributed by atoms with Crippen LogP contribution in [0, 0.1) is 13.8 Å². The first-order chi connectivity index (χ1) is 9.11. The van der Waals surface area contributed by atoms with Gasteiger partial charge in [-0.2, -0.15) is 0 Å². The van der Waals surface area contributed by atoms with Crippen LogP contribution >= 0.6 is 0 Å². The lowest BCUT2D eigenvalue weighted by Gasteiger charge is -2.34. The maximum absolute atomic E-state index is 6.08. The molecule has 1 aromatic rings. The predicted octanol–water partition coefficient (Wildman–Crippen LogP) is 1.81. The number of hydrogen-bond donors (Lipinski definition) is 1. The molecule has 2 rings (SSSR count). The van der Waals surface area contributed by atoms with Gasteiger partial charge < -0.3 is 10.6 Å². The Kier molecular flexibility index (Phi) is 4.77. The van der Waals surface area contributed by atoms with Gasteiger partial charge in [0.05, 0.1) is 5.69 Å². The van der Waals surface area contributed by atoms with E-state index in [-0.39, 0.29) is 0 Å². The summed E-state index contributed by atoms with van der Waals surface area (Å²) >= 11 is 0. The maximum atomic E-state index is 6.08. The first-order valence-corrected chi connectivity index (χ1v) is 7.27. The van der Waals surface area contributed by atoms with Gasteiger partial charge in [0, 0.05) is 44.6 Å². The molecule has 0 unspecified atom stereocenters. The van der Waals surface area contributed by atoms with E-state index in [0.717, 1.165) is 42.1 Å². The summed E-state index contributed by atoms with van der Waals surface area (Å²) < 4.78 is 0. The van der Waals surface area contributed by atoms with E-state index in [9.17, 15) is 0 Å². The summed E-state index contributed by atoms with van der Waals surface area (Å²) in [5.74, 6) is 0. The molecule has 19 heavy (non-hydrogen) atoms. The molecular weight excluding hydrogens is 236 g/mol. The minimum atomic E-state index is 0.898. The minimum Gasteiger partial charge on any atom is -0.398 e. The third kappa shape index (κ3) is 3.45. The molecule has 2 heterocycles. The van der Waals surface area contributed by atoms with Gasteiger partial charge in [-0.3, -0.25) is 9.88 Å². The molecule has 0 amide bonds. The second kappa shape index (κ2) is 6.35. The first kappa shape index (κ1) is 14.3. The standard InChI is InChI=1S/C15H26N4/c1-4-5-18-6-8-19(9-7-18)11-14-13(3)15(16)12(2)10-17-14/h10H,4-9,11H2,1-3H3,(H2,16,17). The molecule has 0 radical (unpaired) electrons. The molecule has 0 bridgehead atoms. The van der Waals surface area contributed by atoms with Crippen molar-refractivity contribution in [1.29, 1.82) is 0 Å². The van der Waals surface area contributed by atoms with Crippen molar-refractivity contribution in [2.45, 2.75) is 33.7 Å². The summed E-state index contributed by atoms with van der Waals surface area (Å²) in [7, 11) is 0. The smallest absolute Gasteiger partial charge is 0.0593 e. The normalized spacial score (nSPS) is 17.8. The molecule has 0 spiro atoms. The van der Waals surface area contributed by atoms with Crippen LogP contribution in [0.4, 0.5) is 5.69 Å². The number of piperazine rings is 1. The number of nitrogen functional groups attached to an aromatic ring is 1. The van der Waals surface area contributed by atoms with Gasteiger partial charge in [-0.05, 0) is 37.9 Å². The van der Waals surface area contributed by atoms with Gasteiger partial charge in [0.25, 0.3) is 0 Å². The summed E-state index contributed by atoms with van der Waals surface area (Å²) in [4.78, 5) is 9.58. The van der Waals surface area contributed by atoms with Crippen molar-refractivity contribution < 1.29 is 0 Å². The van der Waals surface area contributed by atoms with Gasteiger partial charge in [-0.25, -0.2) is 0 Å². The van der Waals surface area contributed by atoms with Gasteiger partial charge in [-0.1, -0.05) is 6.92 Å². The van der Waals surface area contributed by atoms with Gasteiger partial charge in [-0.15, -0.1) is 0 Å². The largest absolute Gasteiger partial charge is 0.398 e. The molecule has 0 saturated carbocycles. The number of nitrogens with zero attached hydrogens (tertiary/aromatic N) is 3. The third-order valence-electron chi connectivity index (χ3n) is 4.05. The molecule has 4 heteroatoms. The molecule has 2 N–H and O–H groups in total. The first-order valence-electron chi connectivity index (χ1n) is 7.27. The monoisotopic (exact) mass is 262 g/mol. The van der Waals surface area contributed by atoms with Crippen molar-refractivity contribution in [2.75, 3.05) is 38.5 Å². The maximum Gasteiger partial charge on any atom is 0.0593 e. The predicted molar refractivity (Wildman–Crippen MR) is 80.1 cm³/mol. The number of aromatic nitrogens is 1. The Morgan fingerprint density at radius 2 is 1.79 bits per heavy atom. The molecule has 1 aliphatic heterocycles. The molecule has 1 fully saturated rings. The Morgan fingerprint density at radius 1 is 1.16 bits per heavy atom. The van der Waals surface area contributed by atoms with Crippen LogP contribution in [0.5, 0.6) is 0 Å². The zero-order valence-electron chi connectivity index (χ0n) is 12.4. The second-order valence-corrected chi connectivity index (χ2v) is 5.54. The van der Waals surface area contributed by atoms with E-state index in [1.54, 1.807) is 0 Å². The number of nitrogens with two attached hydrogens (primary N) is 1. The quantitative estimate of drug-likeness (QED) is 0.899. The van der Waals surface area contributed by atoms with Crippen LogP contribution < -0.4 is 5.73 Å². The molecule has 106 valence electrons. The van der Waals surface area contributed by atoms with E-state index in [1.807, 2.05) is 13.1 Å². The highest BCUT2D eigenvalue weighted by Gasteiger charge is 2.17. The summed E-state index contributed by atoms with van der Waals surface area (Å²) in [5, 5.41) is 0. The zero-order valence-corrected chi connectivity index (χ0v) is 12.4. The van der Waals surface area contributed by atoms with Crippen LogP contribution in [0.3, 0.4) is 0 Å². The van der Waals surface area contributed by atoms with Gasteiger partial charge in [0.1, 0.15) is 0 Å². The van der Waals surface area contributed by atoms with Gasteiger partial charge in [0.2, 0.25) is 0 Å². The summed E-state index contributed by atoms with van der Waals surface area (Å²) in [5.41, 5.74) is 10.3. The molecule has 1 aromatic heterocycles. The molecule has 0 atom stereocenters. The number of aryl methyl sites for hydroxylation is 1. The average molecular weight is 262 g/mol. The average Bonchev–Trinajstić information content (AvgIpc) is 2.42. The molecule has 0 aliphatic carbocycles. The van der Waals surface area contributed by atoms with Crippen molar-refractivity contribution in [3.8, 4) is 0 Å². The summed E-state index contributed by atoms with van der Waals surface area (Å²) in [6.45, 7) is 13.1. The third-order valence-corrected chi connectivity index (χ3v) is 4.05. The molecule has 0 aromatic carbocycles. The summed E-state index contributed by atoms with van der Waals surface area (Å²) in [6, 6.07) is 0. The van der Waals surface area contributed by atoms with Crippen LogP contribution in [-0.4, -0.2) is 47.5 Å². The topological polar surface area (TPSA) is 45.4 Å². The zero-order chi connectivity index (χ0) is 13.8.